The predicted molar refractivity (Wildman–Crippen MR) is 154 cm³/mol. The number of aliphatic hydroxyl groups is 1. The van der Waals surface area contributed by atoms with Crippen molar-refractivity contribution in [3.8, 4) is 0 Å². The Labute approximate surface area is 237 Å². The number of ether oxygens (including phenoxy) is 3. The van der Waals surface area contributed by atoms with Crippen LogP contribution in [0.15, 0.2) is 54.0 Å². The first-order valence-corrected chi connectivity index (χ1v) is 14.2. The van der Waals surface area contributed by atoms with Gasteiger partial charge in [-0.3, -0.25) is 4.79 Å². The van der Waals surface area contributed by atoms with Crippen LogP contribution >= 0.6 is 0 Å². The van der Waals surface area contributed by atoms with E-state index in [1.807, 2.05) is 42.4 Å². The minimum atomic E-state index is -0.213. The molecule has 2 aliphatic rings. The Kier molecular flexibility index (Phi) is 13.8. The van der Waals surface area contributed by atoms with E-state index in [9.17, 15) is 9.90 Å². The highest BCUT2D eigenvalue weighted by molar-refractivity contribution is 5.98. The molecule has 1 N–H and O–H groups in total. The van der Waals surface area contributed by atoms with Crippen molar-refractivity contribution in [1.29, 1.82) is 0 Å². The number of hydrogen-bond donors (Lipinski definition) is 1. The zero-order valence-electron chi connectivity index (χ0n) is 23.9. The van der Waals surface area contributed by atoms with E-state index in [0.717, 1.165) is 42.5 Å². The van der Waals surface area contributed by atoms with Crippen molar-refractivity contribution in [2.75, 3.05) is 51.0 Å². The second kappa shape index (κ2) is 17.6. The molecule has 0 aromatic carbocycles. The number of carbonyl (C=O) groups is 1. The average molecular weight is 557 g/mol. The molecule has 3 unspecified atom stereocenters. The van der Waals surface area contributed by atoms with Gasteiger partial charge in [-0.2, -0.15) is 0 Å². The summed E-state index contributed by atoms with van der Waals surface area (Å²) in [6.07, 6.45) is 16.0. The van der Waals surface area contributed by atoms with Gasteiger partial charge in [-0.1, -0.05) is 43.3 Å². The van der Waals surface area contributed by atoms with Gasteiger partial charge in [0.05, 0.1) is 44.5 Å². The summed E-state index contributed by atoms with van der Waals surface area (Å²) in [5, 5.41) is 13.6. The summed E-state index contributed by atoms with van der Waals surface area (Å²) in [7, 11) is 0. The largest absolute Gasteiger partial charge is 0.465 e. The number of hydrogen-bond acceptors (Lipinski definition) is 10. The van der Waals surface area contributed by atoms with Crippen molar-refractivity contribution >= 4 is 17.6 Å². The molecule has 1 aromatic heterocycles. The molecule has 220 valence electrons. The number of esters is 1. The van der Waals surface area contributed by atoms with Crippen molar-refractivity contribution in [2.24, 2.45) is 11.1 Å². The van der Waals surface area contributed by atoms with Crippen LogP contribution in [0.2, 0.25) is 0 Å². The monoisotopic (exact) mass is 556 g/mol. The van der Waals surface area contributed by atoms with Crippen LogP contribution in [-0.4, -0.2) is 79.2 Å². The highest BCUT2D eigenvalue weighted by Gasteiger charge is 2.26. The lowest BCUT2D eigenvalue weighted by atomic mass is 10.0. The molecule has 3 rings (SSSR count). The van der Waals surface area contributed by atoms with Gasteiger partial charge >= 0.3 is 5.97 Å². The molecular formula is C30H44N4O6. The Morgan fingerprint density at radius 1 is 1.27 bits per heavy atom. The Hall–Kier alpha value is -3.08. The van der Waals surface area contributed by atoms with Gasteiger partial charge in [0.2, 0.25) is 5.95 Å². The van der Waals surface area contributed by atoms with E-state index < -0.39 is 0 Å². The maximum Gasteiger partial charge on any atom is 0.305 e. The molecule has 10 nitrogen and oxygen atoms in total. The van der Waals surface area contributed by atoms with E-state index in [0.29, 0.717) is 45.1 Å². The first-order chi connectivity index (χ1) is 19.5. The van der Waals surface area contributed by atoms with Gasteiger partial charge < -0.3 is 29.1 Å². The Balaban J connectivity index is 1.43. The maximum atomic E-state index is 11.8. The number of aliphatic hydroxyl groups excluding tert-OH is 1. The number of rotatable bonds is 17. The second-order valence-corrected chi connectivity index (χ2v) is 10.2. The number of anilines is 1. The van der Waals surface area contributed by atoms with Crippen LogP contribution in [0.3, 0.4) is 0 Å². The number of carbonyl (C=O) groups excluding carboxylic acids is 1. The summed E-state index contributed by atoms with van der Waals surface area (Å²) in [5.74, 6) is 0.439. The first kappa shape index (κ1) is 31.4. The van der Waals surface area contributed by atoms with Crippen molar-refractivity contribution in [2.45, 2.75) is 64.6 Å². The van der Waals surface area contributed by atoms with Crippen LogP contribution in [0.1, 0.15) is 63.9 Å². The molecule has 40 heavy (non-hydrogen) atoms. The Morgan fingerprint density at radius 2 is 2.08 bits per heavy atom. The zero-order chi connectivity index (χ0) is 28.6. The van der Waals surface area contributed by atoms with Gasteiger partial charge in [0.15, 0.2) is 6.29 Å². The van der Waals surface area contributed by atoms with Crippen LogP contribution in [0, 0.1) is 5.92 Å². The number of oxime groups is 1. The van der Waals surface area contributed by atoms with Crippen LogP contribution < -0.4 is 4.90 Å². The Bertz CT molecular complexity index is 996. The van der Waals surface area contributed by atoms with E-state index in [-0.39, 0.29) is 43.9 Å². The molecule has 3 heterocycles. The molecule has 1 aromatic rings. The van der Waals surface area contributed by atoms with E-state index in [1.54, 1.807) is 6.08 Å². The van der Waals surface area contributed by atoms with Crippen molar-refractivity contribution in [3.63, 3.8) is 0 Å². The molecule has 0 saturated carbocycles. The van der Waals surface area contributed by atoms with E-state index in [1.165, 1.54) is 0 Å². The van der Waals surface area contributed by atoms with Gasteiger partial charge in [0.1, 0.15) is 6.61 Å². The minimum Gasteiger partial charge on any atom is -0.465 e. The minimum absolute atomic E-state index is 0.0219. The van der Waals surface area contributed by atoms with E-state index in [4.69, 9.17) is 19.0 Å². The van der Waals surface area contributed by atoms with Crippen molar-refractivity contribution < 1.29 is 28.9 Å². The lowest BCUT2D eigenvalue weighted by Crippen LogP contribution is -2.48. The van der Waals surface area contributed by atoms with Crippen molar-refractivity contribution in [1.82, 2.24) is 9.97 Å². The zero-order valence-corrected chi connectivity index (χ0v) is 23.9. The fraction of sp³-hybridized carbons (Fsp3) is 0.600. The van der Waals surface area contributed by atoms with Crippen LogP contribution in [0.5, 0.6) is 0 Å². The molecule has 0 bridgehead atoms. The second-order valence-electron chi connectivity index (χ2n) is 10.2. The van der Waals surface area contributed by atoms with Gasteiger partial charge in [-0.15, -0.1) is 6.58 Å². The third-order valence-electron chi connectivity index (χ3n) is 6.65. The molecule has 0 spiro atoms. The third-order valence-corrected chi connectivity index (χ3v) is 6.65. The topological polar surface area (TPSA) is 116 Å². The quantitative estimate of drug-likeness (QED) is 0.130. The maximum absolute atomic E-state index is 11.8. The highest BCUT2D eigenvalue weighted by Crippen LogP contribution is 2.20. The van der Waals surface area contributed by atoms with Crippen LogP contribution in [0.4, 0.5) is 5.95 Å². The highest BCUT2D eigenvalue weighted by atomic mass is 16.7. The molecule has 2 saturated heterocycles. The number of nitrogens with zero attached hydrogens (tertiary/aromatic N) is 4. The van der Waals surface area contributed by atoms with Crippen LogP contribution in [-0.2, 0) is 23.8 Å². The molecule has 3 atom stereocenters. The SMILES string of the molecule is C=CC/C(=C\C=C/C(C)c1cnc(N2CC(=NOCC(COC(=O)CCC)COC3CCCCO3)C2)nc1)CO. The van der Waals surface area contributed by atoms with Gasteiger partial charge in [-0.25, -0.2) is 9.97 Å². The summed E-state index contributed by atoms with van der Waals surface area (Å²) < 4.78 is 16.9. The van der Waals surface area contributed by atoms with Gasteiger partial charge in [-0.05, 0) is 43.2 Å². The van der Waals surface area contributed by atoms with E-state index in [2.05, 4.69) is 28.6 Å². The summed E-state index contributed by atoms with van der Waals surface area (Å²) in [6.45, 7) is 10.5. The van der Waals surface area contributed by atoms with Gasteiger partial charge in [0.25, 0.3) is 0 Å². The molecule has 0 aliphatic carbocycles. The molecule has 10 heteroatoms. The van der Waals surface area contributed by atoms with E-state index >= 15 is 0 Å². The summed E-state index contributed by atoms with van der Waals surface area (Å²) in [4.78, 5) is 28.5. The lowest BCUT2D eigenvalue weighted by molar-refractivity contribution is -0.176. The number of aromatic nitrogens is 2. The average Bonchev–Trinajstić information content (AvgIpc) is 2.95. The molecule has 0 amide bonds. The Morgan fingerprint density at radius 3 is 2.75 bits per heavy atom. The standard InChI is InChI=1S/C30H44N4O6/c1-4-9-24(19-35)12-8-11-23(3)26-15-31-30(32-16-26)34-17-27(18-34)33-40-22-25(20-38-28(36)10-5-2)21-39-29-13-6-7-14-37-29/h4,8,11-12,15-16,23,25,29,35H,1,5-7,9-10,13-14,17-22H2,2-3H3/b11-8-,24-12+. The smallest absolute Gasteiger partial charge is 0.305 e. The molecule has 2 aliphatic heterocycles. The normalized spacial score (nSPS) is 19.2. The number of allylic oxidation sites excluding steroid dienone is 4. The summed E-state index contributed by atoms with van der Waals surface area (Å²) >= 11 is 0. The van der Waals surface area contributed by atoms with Crippen molar-refractivity contribution in [3.05, 3.63) is 54.4 Å². The fourth-order valence-electron chi connectivity index (χ4n) is 4.11. The molecular weight excluding hydrogens is 512 g/mol. The fourth-order valence-corrected chi connectivity index (χ4v) is 4.11. The van der Waals surface area contributed by atoms with Crippen LogP contribution in [0.25, 0.3) is 0 Å². The third kappa shape index (κ3) is 10.8. The summed E-state index contributed by atoms with van der Waals surface area (Å²) in [5.41, 5.74) is 2.82. The first-order valence-electron chi connectivity index (χ1n) is 14.2. The van der Waals surface area contributed by atoms with Gasteiger partial charge in [0, 0.05) is 31.3 Å². The molecule has 0 radical (unpaired) electrons. The summed E-state index contributed by atoms with van der Waals surface area (Å²) in [6, 6.07) is 0. The predicted octanol–water partition coefficient (Wildman–Crippen LogP) is 4.33. The molecule has 2 fully saturated rings. The lowest BCUT2D eigenvalue weighted by Gasteiger charge is -2.32.